The van der Waals surface area contributed by atoms with Crippen LogP contribution >= 0.6 is 15.9 Å². The van der Waals surface area contributed by atoms with E-state index >= 15 is 0 Å². The average molecular weight is 300 g/mol. The first-order valence-electron chi connectivity index (χ1n) is 6.00. The number of aromatic nitrogens is 1. The van der Waals surface area contributed by atoms with Crippen LogP contribution in [0.4, 0.5) is 0 Å². The fraction of sp³-hybridized carbons (Fsp3) is 0.125. The standard InChI is InChI=1S/C16H14BrN/c1-11-7-8-15-13(9-11)12(2)10-18(15)16-6-4-3-5-14(16)17/h3-10H,1-2H3. The van der Waals surface area contributed by atoms with E-state index in [9.17, 15) is 0 Å². The fourth-order valence-corrected chi connectivity index (χ4v) is 2.83. The molecule has 0 aliphatic rings. The molecule has 3 aromatic rings. The number of hydrogen-bond donors (Lipinski definition) is 0. The lowest BCUT2D eigenvalue weighted by Gasteiger charge is -2.07. The van der Waals surface area contributed by atoms with Gasteiger partial charge in [-0.3, -0.25) is 0 Å². The van der Waals surface area contributed by atoms with Crippen LogP contribution in [0, 0.1) is 13.8 Å². The molecule has 2 heteroatoms. The summed E-state index contributed by atoms with van der Waals surface area (Å²) >= 11 is 3.62. The first-order valence-corrected chi connectivity index (χ1v) is 6.79. The molecule has 0 aliphatic heterocycles. The van der Waals surface area contributed by atoms with Gasteiger partial charge in [0.1, 0.15) is 0 Å². The third-order valence-corrected chi connectivity index (χ3v) is 3.94. The lowest BCUT2D eigenvalue weighted by atomic mass is 10.1. The third kappa shape index (κ3) is 1.77. The molecule has 3 rings (SSSR count). The summed E-state index contributed by atoms with van der Waals surface area (Å²) in [4.78, 5) is 0. The minimum Gasteiger partial charge on any atom is -0.315 e. The monoisotopic (exact) mass is 299 g/mol. The molecule has 0 fully saturated rings. The minimum atomic E-state index is 1.11. The third-order valence-electron chi connectivity index (χ3n) is 3.27. The summed E-state index contributed by atoms with van der Waals surface area (Å²) < 4.78 is 3.36. The van der Waals surface area contributed by atoms with Crippen molar-refractivity contribution < 1.29 is 0 Å². The van der Waals surface area contributed by atoms with E-state index in [2.05, 4.69) is 76.9 Å². The quantitative estimate of drug-likeness (QED) is 0.595. The maximum absolute atomic E-state index is 3.62. The van der Waals surface area contributed by atoms with E-state index in [0.29, 0.717) is 0 Å². The first kappa shape index (κ1) is 11.5. The van der Waals surface area contributed by atoms with Gasteiger partial charge in [-0.25, -0.2) is 0 Å². The Labute approximate surface area is 115 Å². The molecular formula is C16H14BrN. The van der Waals surface area contributed by atoms with Crippen LogP contribution in [0.5, 0.6) is 0 Å². The van der Waals surface area contributed by atoms with E-state index < -0.39 is 0 Å². The SMILES string of the molecule is Cc1ccc2c(c1)c(C)cn2-c1ccccc1Br. The number of nitrogens with zero attached hydrogens (tertiary/aromatic N) is 1. The Bertz CT molecular complexity index is 725. The van der Waals surface area contributed by atoms with Gasteiger partial charge in [-0.1, -0.05) is 23.8 Å². The van der Waals surface area contributed by atoms with Crippen molar-refractivity contribution in [1.82, 2.24) is 4.57 Å². The summed E-state index contributed by atoms with van der Waals surface area (Å²) in [6.45, 7) is 4.30. The van der Waals surface area contributed by atoms with Gasteiger partial charge < -0.3 is 4.57 Å². The Morgan fingerprint density at radius 3 is 2.56 bits per heavy atom. The van der Waals surface area contributed by atoms with Gasteiger partial charge in [0.05, 0.1) is 11.2 Å². The van der Waals surface area contributed by atoms with E-state index in [4.69, 9.17) is 0 Å². The van der Waals surface area contributed by atoms with Crippen LogP contribution in [0.25, 0.3) is 16.6 Å². The number of rotatable bonds is 1. The molecule has 0 spiro atoms. The van der Waals surface area contributed by atoms with Gasteiger partial charge in [-0.2, -0.15) is 0 Å². The molecule has 0 saturated carbocycles. The molecule has 0 N–H and O–H groups in total. The van der Waals surface area contributed by atoms with E-state index in [0.717, 1.165) is 4.47 Å². The zero-order chi connectivity index (χ0) is 12.7. The predicted octanol–water partition coefficient (Wildman–Crippen LogP) is 5.01. The van der Waals surface area contributed by atoms with Crippen molar-refractivity contribution >= 4 is 26.8 Å². The smallest absolute Gasteiger partial charge is 0.0597 e. The summed E-state index contributed by atoms with van der Waals surface area (Å²) in [5.74, 6) is 0. The van der Waals surface area contributed by atoms with Crippen molar-refractivity contribution in [3.05, 3.63) is 64.3 Å². The van der Waals surface area contributed by atoms with Crippen LogP contribution in [0.2, 0.25) is 0 Å². The molecule has 1 aromatic heterocycles. The van der Waals surface area contributed by atoms with Gasteiger partial charge in [0.2, 0.25) is 0 Å². The van der Waals surface area contributed by atoms with Gasteiger partial charge in [0, 0.05) is 16.1 Å². The molecule has 1 heterocycles. The van der Waals surface area contributed by atoms with Crippen LogP contribution in [0.3, 0.4) is 0 Å². The highest BCUT2D eigenvalue weighted by molar-refractivity contribution is 9.10. The Kier molecular flexibility index (Phi) is 2.75. The number of fused-ring (bicyclic) bond motifs is 1. The summed E-state index contributed by atoms with van der Waals surface area (Å²) in [7, 11) is 0. The topological polar surface area (TPSA) is 4.93 Å². The fourth-order valence-electron chi connectivity index (χ4n) is 2.35. The number of hydrogen-bond acceptors (Lipinski definition) is 0. The molecule has 90 valence electrons. The van der Waals surface area contributed by atoms with Crippen molar-refractivity contribution in [2.45, 2.75) is 13.8 Å². The highest BCUT2D eigenvalue weighted by atomic mass is 79.9. The van der Waals surface area contributed by atoms with E-state index in [1.54, 1.807) is 0 Å². The number of para-hydroxylation sites is 1. The maximum atomic E-state index is 3.62. The molecule has 0 radical (unpaired) electrons. The Hall–Kier alpha value is -1.54. The molecule has 0 atom stereocenters. The summed E-state index contributed by atoms with van der Waals surface area (Å²) in [6.07, 6.45) is 2.20. The number of halogens is 1. The van der Waals surface area contributed by atoms with Crippen molar-refractivity contribution in [3.8, 4) is 5.69 Å². The average Bonchev–Trinajstić information content (AvgIpc) is 2.67. The lowest BCUT2D eigenvalue weighted by molar-refractivity contribution is 1.11. The molecule has 1 nitrogen and oxygen atoms in total. The van der Waals surface area contributed by atoms with Crippen molar-refractivity contribution in [2.24, 2.45) is 0 Å². The normalized spacial score (nSPS) is 11.1. The highest BCUT2D eigenvalue weighted by Gasteiger charge is 2.08. The molecule has 18 heavy (non-hydrogen) atoms. The minimum absolute atomic E-state index is 1.11. The van der Waals surface area contributed by atoms with Crippen molar-refractivity contribution in [3.63, 3.8) is 0 Å². The van der Waals surface area contributed by atoms with Gasteiger partial charge >= 0.3 is 0 Å². The molecule has 0 saturated heterocycles. The number of benzene rings is 2. The van der Waals surface area contributed by atoms with E-state index in [1.165, 1.54) is 27.7 Å². The lowest BCUT2D eigenvalue weighted by Crippen LogP contribution is -1.92. The molecule has 0 aliphatic carbocycles. The molecule has 0 unspecified atom stereocenters. The Morgan fingerprint density at radius 1 is 1.00 bits per heavy atom. The van der Waals surface area contributed by atoms with Crippen molar-refractivity contribution in [2.75, 3.05) is 0 Å². The second-order valence-corrected chi connectivity index (χ2v) is 5.51. The second kappa shape index (κ2) is 4.29. The molecule has 0 bridgehead atoms. The van der Waals surface area contributed by atoms with Crippen LogP contribution < -0.4 is 0 Å². The number of aryl methyl sites for hydroxylation is 2. The molecule has 2 aromatic carbocycles. The van der Waals surface area contributed by atoms with Crippen LogP contribution in [0.15, 0.2) is 53.1 Å². The summed E-state index contributed by atoms with van der Waals surface area (Å²) in [5.41, 5.74) is 5.05. The Balaban J connectivity index is 2.34. The maximum Gasteiger partial charge on any atom is 0.0597 e. The van der Waals surface area contributed by atoms with Gasteiger partial charge in [-0.15, -0.1) is 0 Å². The van der Waals surface area contributed by atoms with Crippen LogP contribution in [-0.4, -0.2) is 4.57 Å². The summed E-state index contributed by atoms with van der Waals surface area (Å²) in [6, 6.07) is 14.9. The molecule has 0 amide bonds. The Morgan fingerprint density at radius 2 is 1.78 bits per heavy atom. The van der Waals surface area contributed by atoms with Gasteiger partial charge in [0.25, 0.3) is 0 Å². The van der Waals surface area contributed by atoms with Crippen LogP contribution in [0.1, 0.15) is 11.1 Å². The van der Waals surface area contributed by atoms with Crippen LogP contribution in [-0.2, 0) is 0 Å². The van der Waals surface area contributed by atoms with Gasteiger partial charge in [-0.05, 0) is 59.6 Å². The van der Waals surface area contributed by atoms with E-state index in [1.807, 2.05) is 6.07 Å². The molecular weight excluding hydrogens is 286 g/mol. The zero-order valence-corrected chi connectivity index (χ0v) is 12.0. The van der Waals surface area contributed by atoms with E-state index in [-0.39, 0.29) is 0 Å². The highest BCUT2D eigenvalue weighted by Crippen LogP contribution is 2.28. The van der Waals surface area contributed by atoms with Gasteiger partial charge in [0.15, 0.2) is 0 Å². The predicted molar refractivity (Wildman–Crippen MR) is 80.4 cm³/mol. The first-order chi connectivity index (χ1) is 8.66. The second-order valence-electron chi connectivity index (χ2n) is 4.65. The van der Waals surface area contributed by atoms with Crippen molar-refractivity contribution in [1.29, 1.82) is 0 Å². The zero-order valence-electron chi connectivity index (χ0n) is 10.4. The summed E-state index contributed by atoms with van der Waals surface area (Å²) in [5, 5.41) is 1.32. The largest absolute Gasteiger partial charge is 0.315 e.